The van der Waals surface area contributed by atoms with Gasteiger partial charge in [-0.3, -0.25) is 0 Å². The number of phosphoric acid groups is 1. The molecule has 0 aromatic heterocycles. The van der Waals surface area contributed by atoms with E-state index in [1.54, 1.807) is 42.5 Å². The summed E-state index contributed by atoms with van der Waals surface area (Å²) in [6.07, 6.45) is 2.88. The van der Waals surface area contributed by atoms with Crippen molar-refractivity contribution in [2.45, 2.75) is 5.79 Å². The quantitative estimate of drug-likeness (QED) is 0.753. The fourth-order valence-electron chi connectivity index (χ4n) is 2.28. The first-order chi connectivity index (χ1) is 10.4. The van der Waals surface area contributed by atoms with Crippen molar-refractivity contribution in [3.63, 3.8) is 0 Å². The molecule has 2 aromatic rings. The number of rotatable bonds is 3. The van der Waals surface area contributed by atoms with Crippen LogP contribution in [-0.4, -0.2) is 14.9 Å². The molecule has 0 saturated carbocycles. The highest BCUT2D eigenvalue weighted by Crippen LogP contribution is 2.50. The molecule has 1 aliphatic rings. The molecule has 22 heavy (non-hydrogen) atoms. The summed E-state index contributed by atoms with van der Waals surface area (Å²) in [5, 5.41) is 9.80. The normalized spacial score (nSPS) is 20.3. The number of aromatic hydroxyl groups is 1. The summed E-state index contributed by atoms with van der Waals surface area (Å²) in [5.41, 5.74) is 0.840. The molecule has 0 saturated heterocycles. The third kappa shape index (κ3) is 2.77. The minimum Gasteiger partial charge on any atom is -0.507 e. The predicted octanol–water partition coefficient (Wildman–Crippen LogP) is 2.76. The van der Waals surface area contributed by atoms with Gasteiger partial charge in [0, 0.05) is 5.56 Å². The Balaban J connectivity index is 2.13. The van der Waals surface area contributed by atoms with Gasteiger partial charge in [-0.2, -0.15) is 0 Å². The lowest BCUT2D eigenvalue weighted by Gasteiger charge is -2.34. The molecule has 3 N–H and O–H groups in total. The van der Waals surface area contributed by atoms with Crippen LogP contribution in [0, 0.1) is 0 Å². The van der Waals surface area contributed by atoms with Crippen molar-refractivity contribution in [1.29, 1.82) is 0 Å². The summed E-state index contributed by atoms with van der Waals surface area (Å²) in [4.78, 5) is 18.4. The van der Waals surface area contributed by atoms with Gasteiger partial charge in [0.25, 0.3) is 5.79 Å². The second-order valence-corrected chi connectivity index (χ2v) is 5.90. The Morgan fingerprint density at radius 2 is 1.77 bits per heavy atom. The van der Waals surface area contributed by atoms with Crippen LogP contribution in [0.25, 0.3) is 6.08 Å². The van der Waals surface area contributed by atoms with Crippen molar-refractivity contribution < 1.29 is 28.7 Å². The molecule has 1 heterocycles. The van der Waals surface area contributed by atoms with Crippen LogP contribution in [0.15, 0.2) is 54.6 Å². The molecule has 0 bridgehead atoms. The third-order valence-corrected chi connectivity index (χ3v) is 3.71. The maximum Gasteiger partial charge on any atom is 0.473 e. The van der Waals surface area contributed by atoms with Crippen molar-refractivity contribution in [1.82, 2.24) is 0 Å². The van der Waals surface area contributed by atoms with Crippen LogP contribution in [0.1, 0.15) is 11.1 Å². The highest BCUT2D eigenvalue weighted by atomic mass is 31.2. The van der Waals surface area contributed by atoms with E-state index in [-0.39, 0.29) is 11.5 Å². The number of hydrogen-bond acceptors (Lipinski definition) is 4. The lowest BCUT2D eigenvalue weighted by molar-refractivity contribution is -0.0944. The summed E-state index contributed by atoms with van der Waals surface area (Å²) in [6, 6.07) is 13.1. The minimum absolute atomic E-state index is 0.00610. The number of phenolic OH excluding ortho intramolecular Hbond substituents is 1. The van der Waals surface area contributed by atoms with Gasteiger partial charge in [0.05, 0.1) is 5.56 Å². The van der Waals surface area contributed by atoms with Crippen LogP contribution < -0.4 is 4.74 Å². The molecule has 0 spiro atoms. The SMILES string of the molecule is O=P(O)(O)OC1(c2ccccc2)C=Cc2c(O)cccc2O1. The zero-order valence-electron chi connectivity index (χ0n) is 11.3. The zero-order chi connectivity index (χ0) is 15.8. The fraction of sp³-hybridized carbons (Fsp3) is 0.0667. The van der Waals surface area contributed by atoms with E-state index in [0.29, 0.717) is 11.1 Å². The Kier molecular flexibility index (Phi) is 3.54. The lowest BCUT2D eigenvalue weighted by atomic mass is 10.0. The molecule has 1 unspecified atom stereocenters. The summed E-state index contributed by atoms with van der Waals surface area (Å²) >= 11 is 0. The van der Waals surface area contributed by atoms with E-state index in [2.05, 4.69) is 0 Å². The van der Waals surface area contributed by atoms with Crippen molar-refractivity contribution in [3.8, 4) is 11.5 Å². The minimum atomic E-state index is -4.83. The molecule has 114 valence electrons. The van der Waals surface area contributed by atoms with Gasteiger partial charge in [0.2, 0.25) is 0 Å². The molecule has 1 aliphatic heterocycles. The van der Waals surface area contributed by atoms with Gasteiger partial charge in [0.15, 0.2) is 0 Å². The smallest absolute Gasteiger partial charge is 0.473 e. The number of phenols is 1. The molecule has 0 amide bonds. The average molecular weight is 320 g/mol. The van der Waals surface area contributed by atoms with E-state index < -0.39 is 13.6 Å². The van der Waals surface area contributed by atoms with Gasteiger partial charge < -0.3 is 19.6 Å². The Morgan fingerprint density at radius 1 is 1.05 bits per heavy atom. The van der Waals surface area contributed by atoms with Crippen LogP contribution in [0.5, 0.6) is 11.5 Å². The Morgan fingerprint density at radius 3 is 2.45 bits per heavy atom. The first-order valence-electron chi connectivity index (χ1n) is 6.42. The molecule has 0 fully saturated rings. The van der Waals surface area contributed by atoms with Crippen LogP contribution in [0.3, 0.4) is 0 Å². The Hall–Kier alpha value is -2.11. The second-order valence-electron chi connectivity index (χ2n) is 4.74. The van der Waals surface area contributed by atoms with E-state index >= 15 is 0 Å². The highest BCUT2D eigenvalue weighted by molar-refractivity contribution is 7.46. The molecule has 1 atom stereocenters. The van der Waals surface area contributed by atoms with Crippen molar-refractivity contribution >= 4 is 13.9 Å². The van der Waals surface area contributed by atoms with Gasteiger partial charge in [0.1, 0.15) is 11.5 Å². The predicted molar refractivity (Wildman–Crippen MR) is 79.0 cm³/mol. The lowest BCUT2D eigenvalue weighted by Crippen LogP contribution is -2.35. The molecule has 3 rings (SSSR count). The van der Waals surface area contributed by atoms with E-state index in [1.807, 2.05) is 0 Å². The maximum atomic E-state index is 11.4. The summed E-state index contributed by atoms with van der Waals surface area (Å²) in [6.45, 7) is 0. The standard InChI is InChI=1S/C15H13O6P/c16-13-7-4-8-14-12(13)9-10-15(20-14,21-22(17,18)19)11-5-2-1-3-6-11/h1-10,16H,(H2,17,18,19). The van der Waals surface area contributed by atoms with E-state index in [1.165, 1.54) is 18.2 Å². The number of hydrogen-bond donors (Lipinski definition) is 3. The highest BCUT2D eigenvalue weighted by Gasteiger charge is 2.42. The van der Waals surface area contributed by atoms with Crippen molar-refractivity contribution in [2.24, 2.45) is 0 Å². The molecule has 2 aromatic carbocycles. The molecular formula is C15H13O6P. The summed E-state index contributed by atoms with van der Waals surface area (Å²) in [5.74, 6) is -1.49. The van der Waals surface area contributed by atoms with Crippen LogP contribution in [0.4, 0.5) is 0 Å². The van der Waals surface area contributed by atoms with Crippen LogP contribution >= 0.6 is 7.82 Å². The molecular weight excluding hydrogens is 307 g/mol. The van der Waals surface area contributed by atoms with Gasteiger partial charge in [-0.25, -0.2) is 9.09 Å². The topological polar surface area (TPSA) is 96.2 Å². The molecule has 7 heteroatoms. The second kappa shape index (κ2) is 5.26. The average Bonchev–Trinajstić information content (AvgIpc) is 2.46. The molecule has 0 radical (unpaired) electrons. The van der Waals surface area contributed by atoms with E-state index in [9.17, 15) is 19.5 Å². The number of phosphoric ester groups is 1. The number of ether oxygens (including phenoxy) is 1. The molecule has 0 aliphatic carbocycles. The first-order valence-corrected chi connectivity index (χ1v) is 7.95. The van der Waals surface area contributed by atoms with Gasteiger partial charge in [-0.1, -0.05) is 36.4 Å². The fourth-order valence-corrected chi connectivity index (χ4v) is 2.84. The third-order valence-electron chi connectivity index (χ3n) is 3.20. The maximum absolute atomic E-state index is 11.4. The summed E-state index contributed by atoms with van der Waals surface area (Å²) in [7, 11) is -4.83. The van der Waals surface area contributed by atoms with E-state index in [4.69, 9.17) is 9.26 Å². The molecule has 6 nitrogen and oxygen atoms in total. The zero-order valence-corrected chi connectivity index (χ0v) is 12.2. The van der Waals surface area contributed by atoms with Crippen molar-refractivity contribution in [2.75, 3.05) is 0 Å². The monoisotopic (exact) mass is 320 g/mol. The Labute approximate surface area is 126 Å². The van der Waals surface area contributed by atoms with E-state index in [0.717, 1.165) is 0 Å². The van der Waals surface area contributed by atoms with Gasteiger partial charge in [-0.05, 0) is 24.3 Å². The largest absolute Gasteiger partial charge is 0.507 e. The van der Waals surface area contributed by atoms with Crippen LogP contribution in [-0.2, 0) is 14.9 Å². The number of fused-ring (bicyclic) bond motifs is 1. The summed E-state index contributed by atoms with van der Waals surface area (Å²) < 4.78 is 22.0. The Bertz CT molecular complexity index is 767. The van der Waals surface area contributed by atoms with Gasteiger partial charge >= 0.3 is 7.82 Å². The number of benzene rings is 2. The van der Waals surface area contributed by atoms with Crippen molar-refractivity contribution in [3.05, 3.63) is 65.7 Å². The van der Waals surface area contributed by atoms with Crippen LogP contribution in [0.2, 0.25) is 0 Å². The van der Waals surface area contributed by atoms with Gasteiger partial charge in [-0.15, -0.1) is 0 Å². The first kappa shape index (κ1) is 14.8.